The summed E-state index contributed by atoms with van der Waals surface area (Å²) in [6, 6.07) is 0.743. The maximum absolute atomic E-state index is 9.82. The van der Waals surface area contributed by atoms with Crippen molar-refractivity contribution in [3.05, 3.63) is 0 Å². The lowest BCUT2D eigenvalue weighted by molar-refractivity contribution is 0.0559. The van der Waals surface area contributed by atoms with Crippen molar-refractivity contribution in [3.8, 4) is 0 Å². The van der Waals surface area contributed by atoms with Crippen LogP contribution in [-0.4, -0.2) is 41.3 Å². The van der Waals surface area contributed by atoms with Crippen LogP contribution in [0.25, 0.3) is 0 Å². The van der Waals surface area contributed by atoms with Gasteiger partial charge in [0.05, 0.1) is 5.60 Å². The first kappa shape index (κ1) is 14.9. The molecule has 0 aliphatic carbocycles. The minimum absolute atomic E-state index is 0.368. The van der Waals surface area contributed by atoms with E-state index in [1.807, 2.05) is 6.92 Å². The van der Waals surface area contributed by atoms with Gasteiger partial charge >= 0.3 is 0 Å². The van der Waals surface area contributed by atoms with Crippen molar-refractivity contribution >= 4 is 0 Å². The fraction of sp³-hybridized carbons (Fsp3) is 1.00. The highest BCUT2D eigenvalue weighted by Crippen LogP contribution is 2.18. The van der Waals surface area contributed by atoms with E-state index in [2.05, 4.69) is 11.8 Å². The number of nitrogens with two attached hydrogens (primary N) is 1. The maximum atomic E-state index is 9.82. The summed E-state index contributed by atoms with van der Waals surface area (Å²) in [6.45, 7) is 6.99. The highest BCUT2D eigenvalue weighted by molar-refractivity contribution is 4.75. The molecule has 1 heterocycles. The van der Waals surface area contributed by atoms with Gasteiger partial charge in [-0.25, -0.2) is 0 Å². The molecule has 2 unspecified atom stereocenters. The van der Waals surface area contributed by atoms with Crippen molar-refractivity contribution in [1.29, 1.82) is 0 Å². The number of hydrogen-bond donors (Lipinski definition) is 2. The Balaban J connectivity index is 2.16. The van der Waals surface area contributed by atoms with E-state index in [1.54, 1.807) is 0 Å². The topological polar surface area (TPSA) is 49.5 Å². The van der Waals surface area contributed by atoms with Crippen LogP contribution in [0.5, 0.6) is 0 Å². The van der Waals surface area contributed by atoms with Gasteiger partial charge < -0.3 is 15.7 Å². The van der Waals surface area contributed by atoms with Gasteiger partial charge in [-0.1, -0.05) is 12.8 Å². The van der Waals surface area contributed by atoms with Crippen molar-refractivity contribution in [2.75, 3.05) is 19.6 Å². The fourth-order valence-electron chi connectivity index (χ4n) is 2.59. The van der Waals surface area contributed by atoms with Gasteiger partial charge in [-0.3, -0.25) is 0 Å². The smallest absolute Gasteiger partial charge is 0.0741 e. The molecule has 2 atom stereocenters. The van der Waals surface area contributed by atoms with E-state index in [1.165, 1.54) is 45.2 Å². The Kier molecular flexibility index (Phi) is 6.45. The molecule has 0 spiro atoms. The first-order chi connectivity index (χ1) is 8.05. The van der Waals surface area contributed by atoms with Gasteiger partial charge in [0, 0.05) is 12.6 Å². The largest absolute Gasteiger partial charge is 0.389 e. The third kappa shape index (κ3) is 5.84. The van der Waals surface area contributed by atoms with E-state index >= 15 is 0 Å². The van der Waals surface area contributed by atoms with Crippen LogP contribution in [0.15, 0.2) is 0 Å². The van der Waals surface area contributed by atoms with Crippen LogP contribution >= 0.6 is 0 Å². The summed E-state index contributed by atoms with van der Waals surface area (Å²) in [6.07, 6.45) is 8.56. The Labute approximate surface area is 106 Å². The van der Waals surface area contributed by atoms with Crippen molar-refractivity contribution < 1.29 is 5.11 Å². The van der Waals surface area contributed by atoms with E-state index in [9.17, 15) is 5.11 Å². The lowest BCUT2D eigenvalue weighted by Crippen LogP contribution is -2.35. The number of hydrogen-bond acceptors (Lipinski definition) is 3. The van der Waals surface area contributed by atoms with Crippen LogP contribution in [0.2, 0.25) is 0 Å². The van der Waals surface area contributed by atoms with Gasteiger partial charge in [0.1, 0.15) is 0 Å². The fourth-order valence-corrected chi connectivity index (χ4v) is 2.59. The third-order valence-corrected chi connectivity index (χ3v) is 4.04. The van der Waals surface area contributed by atoms with Gasteiger partial charge in [0.15, 0.2) is 0 Å². The van der Waals surface area contributed by atoms with Crippen LogP contribution < -0.4 is 5.73 Å². The SMILES string of the molecule is CC1CCCCCN1CCCCC(C)(O)CN. The molecule has 0 aromatic heterocycles. The molecule has 0 radical (unpaired) electrons. The van der Waals surface area contributed by atoms with Gasteiger partial charge in [-0.05, 0) is 59.0 Å². The lowest BCUT2D eigenvalue weighted by atomic mass is 9.99. The molecular weight excluding hydrogens is 212 g/mol. The summed E-state index contributed by atoms with van der Waals surface area (Å²) < 4.78 is 0. The van der Waals surface area contributed by atoms with Crippen molar-refractivity contribution in [1.82, 2.24) is 4.90 Å². The zero-order chi connectivity index (χ0) is 12.7. The molecule has 3 N–H and O–H groups in total. The lowest BCUT2D eigenvalue weighted by Gasteiger charge is -2.27. The molecule has 1 aliphatic heterocycles. The number of rotatable bonds is 6. The molecular formula is C14H30N2O. The van der Waals surface area contributed by atoms with Crippen LogP contribution in [-0.2, 0) is 0 Å². The predicted octanol–water partition coefficient (Wildman–Crippen LogP) is 2.13. The second kappa shape index (κ2) is 7.34. The summed E-state index contributed by atoms with van der Waals surface area (Å²) in [5.74, 6) is 0. The summed E-state index contributed by atoms with van der Waals surface area (Å²) in [5, 5.41) is 9.82. The van der Waals surface area contributed by atoms with E-state index in [-0.39, 0.29) is 0 Å². The van der Waals surface area contributed by atoms with Gasteiger partial charge in [0.2, 0.25) is 0 Å². The average molecular weight is 242 g/mol. The monoisotopic (exact) mass is 242 g/mol. The Morgan fingerprint density at radius 1 is 1.29 bits per heavy atom. The van der Waals surface area contributed by atoms with Crippen LogP contribution in [0.4, 0.5) is 0 Å². The number of aliphatic hydroxyl groups is 1. The average Bonchev–Trinajstić information content (AvgIpc) is 2.50. The highest BCUT2D eigenvalue weighted by Gasteiger charge is 2.19. The zero-order valence-electron chi connectivity index (χ0n) is 11.6. The summed E-state index contributed by atoms with van der Waals surface area (Å²) in [4.78, 5) is 2.62. The Morgan fingerprint density at radius 3 is 2.76 bits per heavy atom. The second-order valence-electron chi connectivity index (χ2n) is 5.89. The third-order valence-electron chi connectivity index (χ3n) is 4.04. The van der Waals surface area contributed by atoms with E-state index in [0.717, 1.165) is 18.9 Å². The first-order valence-corrected chi connectivity index (χ1v) is 7.22. The molecule has 0 amide bonds. The number of unbranched alkanes of at least 4 members (excludes halogenated alkanes) is 1. The normalized spacial score (nSPS) is 26.5. The minimum Gasteiger partial charge on any atom is -0.389 e. The Hall–Kier alpha value is -0.120. The van der Waals surface area contributed by atoms with Crippen molar-refractivity contribution in [2.45, 2.75) is 70.4 Å². The van der Waals surface area contributed by atoms with Gasteiger partial charge in [-0.15, -0.1) is 0 Å². The Bertz CT molecular complexity index is 206. The van der Waals surface area contributed by atoms with Crippen molar-refractivity contribution in [2.24, 2.45) is 5.73 Å². The molecule has 1 aliphatic rings. The quantitative estimate of drug-likeness (QED) is 0.702. The van der Waals surface area contributed by atoms with E-state index < -0.39 is 5.60 Å². The minimum atomic E-state index is -0.662. The molecule has 1 rings (SSSR count). The van der Waals surface area contributed by atoms with E-state index in [4.69, 9.17) is 5.73 Å². The number of nitrogens with zero attached hydrogens (tertiary/aromatic N) is 1. The van der Waals surface area contributed by atoms with E-state index in [0.29, 0.717) is 6.54 Å². The molecule has 3 heteroatoms. The molecule has 0 bridgehead atoms. The summed E-state index contributed by atoms with van der Waals surface area (Å²) in [5.41, 5.74) is 4.85. The predicted molar refractivity (Wildman–Crippen MR) is 73.0 cm³/mol. The molecule has 1 saturated heterocycles. The van der Waals surface area contributed by atoms with Gasteiger partial charge in [0.25, 0.3) is 0 Å². The van der Waals surface area contributed by atoms with Crippen molar-refractivity contribution in [3.63, 3.8) is 0 Å². The Morgan fingerprint density at radius 2 is 2.06 bits per heavy atom. The highest BCUT2D eigenvalue weighted by atomic mass is 16.3. The maximum Gasteiger partial charge on any atom is 0.0741 e. The summed E-state index contributed by atoms with van der Waals surface area (Å²) in [7, 11) is 0. The molecule has 0 saturated carbocycles. The summed E-state index contributed by atoms with van der Waals surface area (Å²) >= 11 is 0. The molecule has 0 aromatic carbocycles. The zero-order valence-corrected chi connectivity index (χ0v) is 11.6. The molecule has 17 heavy (non-hydrogen) atoms. The van der Waals surface area contributed by atoms with Crippen LogP contribution in [0, 0.1) is 0 Å². The first-order valence-electron chi connectivity index (χ1n) is 7.22. The molecule has 0 aromatic rings. The molecule has 1 fully saturated rings. The van der Waals surface area contributed by atoms with Crippen LogP contribution in [0.1, 0.15) is 58.8 Å². The standard InChI is InChI=1S/C14H30N2O/c1-13-8-4-3-6-10-16(13)11-7-5-9-14(2,17)12-15/h13,17H,3-12,15H2,1-2H3. The van der Waals surface area contributed by atoms with Crippen LogP contribution in [0.3, 0.4) is 0 Å². The number of likely N-dealkylation sites (tertiary alicyclic amines) is 1. The molecule has 3 nitrogen and oxygen atoms in total. The van der Waals surface area contributed by atoms with Gasteiger partial charge in [-0.2, -0.15) is 0 Å². The molecule has 102 valence electrons. The second-order valence-corrected chi connectivity index (χ2v) is 5.89.